The minimum atomic E-state index is -0.295. The summed E-state index contributed by atoms with van der Waals surface area (Å²) in [6.07, 6.45) is 4.54. The number of carbonyl (C=O) groups is 3. The van der Waals surface area contributed by atoms with Gasteiger partial charge in [0.1, 0.15) is 12.6 Å². The molecule has 3 amide bonds. The number of hydrogen-bond acceptors (Lipinski definition) is 3. The van der Waals surface area contributed by atoms with Crippen molar-refractivity contribution in [1.29, 1.82) is 0 Å². The second-order valence-electron chi connectivity index (χ2n) is 8.33. The van der Waals surface area contributed by atoms with Gasteiger partial charge in [-0.3, -0.25) is 14.4 Å². The highest BCUT2D eigenvalue weighted by Crippen LogP contribution is 2.24. The molecule has 1 N–H and O–H groups in total. The van der Waals surface area contributed by atoms with E-state index in [0.29, 0.717) is 25.2 Å². The van der Waals surface area contributed by atoms with Gasteiger partial charge in [0.05, 0.1) is 0 Å². The van der Waals surface area contributed by atoms with Gasteiger partial charge in [0.25, 0.3) is 5.91 Å². The maximum absolute atomic E-state index is 12.8. The molecule has 6 nitrogen and oxygen atoms in total. The van der Waals surface area contributed by atoms with Gasteiger partial charge < -0.3 is 15.1 Å². The fourth-order valence-electron chi connectivity index (χ4n) is 4.39. The van der Waals surface area contributed by atoms with Crippen LogP contribution in [0.3, 0.4) is 0 Å². The Balaban J connectivity index is 1.27. The molecule has 2 saturated heterocycles. The minimum Gasteiger partial charge on any atom is -0.352 e. The van der Waals surface area contributed by atoms with Crippen molar-refractivity contribution in [3.05, 3.63) is 71.3 Å². The fourth-order valence-corrected chi connectivity index (χ4v) is 4.39. The van der Waals surface area contributed by atoms with Crippen LogP contribution in [0, 0.1) is 0 Å². The van der Waals surface area contributed by atoms with Crippen LogP contribution in [0.5, 0.6) is 0 Å². The zero-order valence-electron chi connectivity index (χ0n) is 17.8. The monoisotopic (exact) mass is 419 g/mol. The molecule has 2 fully saturated rings. The van der Waals surface area contributed by atoms with Crippen LogP contribution in [0.15, 0.2) is 54.6 Å². The number of rotatable bonds is 7. The van der Waals surface area contributed by atoms with Gasteiger partial charge in [-0.25, -0.2) is 0 Å². The predicted molar refractivity (Wildman–Crippen MR) is 118 cm³/mol. The fraction of sp³-hybridized carbons (Fsp3) is 0.400. The highest BCUT2D eigenvalue weighted by atomic mass is 16.2. The number of nitrogens with zero attached hydrogens (tertiary/aromatic N) is 2. The maximum Gasteiger partial charge on any atom is 0.251 e. The van der Waals surface area contributed by atoms with Gasteiger partial charge in [-0.2, -0.15) is 0 Å². The van der Waals surface area contributed by atoms with Crippen LogP contribution in [0.25, 0.3) is 0 Å². The topological polar surface area (TPSA) is 69.7 Å². The van der Waals surface area contributed by atoms with E-state index in [0.717, 1.165) is 37.7 Å². The van der Waals surface area contributed by atoms with Crippen LogP contribution in [-0.2, 0) is 22.6 Å². The van der Waals surface area contributed by atoms with Gasteiger partial charge >= 0.3 is 0 Å². The third-order valence-electron chi connectivity index (χ3n) is 6.11. The molecule has 2 aromatic carbocycles. The molecule has 2 aliphatic heterocycles. The lowest BCUT2D eigenvalue weighted by Crippen LogP contribution is -2.60. The number of hydrogen-bond donors (Lipinski definition) is 1. The molecule has 31 heavy (non-hydrogen) atoms. The average Bonchev–Trinajstić information content (AvgIpc) is 2.81. The summed E-state index contributed by atoms with van der Waals surface area (Å²) in [5.74, 6) is -0.0166. The second kappa shape index (κ2) is 9.77. The molecule has 0 spiro atoms. The molecule has 0 radical (unpaired) electrons. The maximum atomic E-state index is 12.8. The lowest BCUT2D eigenvalue weighted by atomic mass is 9.98. The van der Waals surface area contributed by atoms with Crippen molar-refractivity contribution in [2.45, 2.75) is 44.7 Å². The zero-order valence-corrected chi connectivity index (χ0v) is 17.8. The Hall–Kier alpha value is -3.15. The molecule has 1 atom stereocenters. The first-order valence-electron chi connectivity index (χ1n) is 11.1. The Morgan fingerprint density at radius 3 is 2.52 bits per heavy atom. The summed E-state index contributed by atoms with van der Waals surface area (Å²) in [6, 6.07) is 17.2. The highest BCUT2D eigenvalue weighted by molar-refractivity contribution is 5.95. The van der Waals surface area contributed by atoms with Gasteiger partial charge in [0.15, 0.2) is 0 Å². The summed E-state index contributed by atoms with van der Waals surface area (Å²) in [5, 5.41) is 2.96. The van der Waals surface area contributed by atoms with Crippen molar-refractivity contribution in [2.75, 3.05) is 19.6 Å². The standard InChI is InChI=1S/C25H29N3O3/c29-23-18-27(25(31)22-10-4-5-16-28(22)23)17-20-11-13-21(14-12-20)24(30)26-15-6-9-19-7-2-1-3-8-19/h1-3,7-8,11-14,22H,4-6,9-10,15-18H2,(H,26,30)/t22-/m0/s1. The second-order valence-corrected chi connectivity index (χ2v) is 8.33. The molecule has 2 aromatic rings. The molecule has 6 heteroatoms. The molecule has 0 saturated carbocycles. The largest absolute Gasteiger partial charge is 0.352 e. The van der Waals surface area contributed by atoms with E-state index >= 15 is 0 Å². The van der Waals surface area contributed by atoms with Crippen LogP contribution >= 0.6 is 0 Å². The summed E-state index contributed by atoms with van der Waals surface area (Å²) in [7, 11) is 0. The molecule has 0 bridgehead atoms. The van der Waals surface area contributed by atoms with Crippen molar-refractivity contribution < 1.29 is 14.4 Å². The third-order valence-corrected chi connectivity index (χ3v) is 6.11. The number of carbonyl (C=O) groups excluding carboxylic acids is 3. The van der Waals surface area contributed by atoms with Gasteiger partial charge in [0, 0.05) is 25.2 Å². The Morgan fingerprint density at radius 2 is 1.74 bits per heavy atom. The first kappa shape index (κ1) is 21.1. The zero-order chi connectivity index (χ0) is 21.6. The molecule has 0 aromatic heterocycles. The third kappa shape index (κ3) is 5.13. The number of piperazine rings is 1. The lowest BCUT2D eigenvalue weighted by Gasteiger charge is -2.42. The number of nitrogens with one attached hydrogen (secondary N) is 1. The first-order valence-corrected chi connectivity index (χ1v) is 11.1. The van der Waals surface area contributed by atoms with E-state index in [9.17, 15) is 14.4 Å². The Morgan fingerprint density at radius 1 is 0.968 bits per heavy atom. The van der Waals surface area contributed by atoms with E-state index in [1.54, 1.807) is 21.9 Å². The molecule has 0 aliphatic carbocycles. The van der Waals surface area contributed by atoms with Crippen LogP contribution in [-0.4, -0.2) is 53.2 Å². The summed E-state index contributed by atoms with van der Waals surface area (Å²) in [6.45, 7) is 1.85. The highest BCUT2D eigenvalue weighted by Gasteiger charge is 2.40. The van der Waals surface area contributed by atoms with Gasteiger partial charge in [0.2, 0.25) is 11.8 Å². The molecular weight excluding hydrogens is 390 g/mol. The summed E-state index contributed by atoms with van der Waals surface area (Å²) < 4.78 is 0. The number of benzene rings is 2. The molecule has 4 rings (SSSR count). The van der Waals surface area contributed by atoms with Crippen molar-refractivity contribution in [1.82, 2.24) is 15.1 Å². The van der Waals surface area contributed by atoms with Crippen molar-refractivity contribution in [2.24, 2.45) is 0 Å². The number of fused-ring (bicyclic) bond motifs is 1. The van der Waals surface area contributed by atoms with Crippen LogP contribution in [0.2, 0.25) is 0 Å². The van der Waals surface area contributed by atoms with E-state index in [1.807, 2.05) is 30.3 Å². The van der Waals surface area contributed by atoms with Crippen molar-refractivity contribution >= 4 is 17.7 Å². The lowest BCUT2D eigenvalue weighted by molar-refractivity contribution is -0.158. The van der Waals surface area contributed by atoms with Crippen LogP contribution in [0.4, 0.5) is 0 Å². The molecule has 0 unspecified atom stereocenters. The van der Waals surface area contributed by atoms with E-state index in [-0.39, 0.29) is 30.3 Å². The number of piperidine rings is 1. The summed E-state index contributed by atoms with van der Waals surface area (Å²) >= 11 is 0. The van der Waals surface area contributed by atoms with E-state index < -0.39 is 0 Å². The molecular formula is C25H29N3O3. The Bertz CT molecular complexity index is 927. The van der Waals surface area contributed by atoms with Gasteiger partial charge in [-0.1, -0.05) is 42.5 Å². The first-order chi connectivity index (χ1) is 15.1. The normalized spacial score (nSPS) is 18.6. The minimum absolute atomic E-state index is 0.0378. The summed E-state index contributed by atoms with van der Waals surface area (Å²) in [4.78, 5) is 41.0. The average molecular weight is 420 g/mol. The molecule has 2 aliphatic rings. The predicted octanol–water partition coefficient (Wildman–Crippen LogP) is 2.77. The Kier molecular flexibility index (Phi) is 6.65. The van der Waals surface area contributed by atoms with Crippen LogP contribution in [0.1, 0.15) is 47.2 Å². The SMILES string of the molecule is O=C(NCCCc1ccccc1)c1ccc(CN2CC(=O)N3CCCC[C@H]3C2=O)cc1. The quantitative estimate of drug-likeness (QED) is 0.702. The van der Waals surface area contributed by atoms with E-state index in [4.69, 9.17) is 0 Å². The van der Waals surface area contributed by atoms with Crippen molar-refractivity contribution in [3.8, 4) is 0 Å². The van der Waals surface area contributed by atoms with E-state index in [2.05, 4.69) is 17.4 Å². The summed E-state index contributed by atoms with van der Waals surface area (Å²) in [5.41, 5.74) is 2.79. The van der Waals surface area contributed by atoms with Gasteiger partial charge in [-0.05, 0) is 55.4 Å². The van der Waals surface area contributed by atoms with E-state index in [1.165, 1.54) is 5.56 Å². The Labute approximate surface area is 183 Å². The van der Waals surface area contributed by atoms with Crippen molar-refractivity contribution in [3.63, 3.8) is 0 Å². The number of aryl methyl sites for hydroxylation is 1. The van der Waals surface area contributed by atoms with Crippen LogP contribution < -0.4 is 5.32 Å². The smallest absolute Gasteiger partial charge is 0.251 e. The molecule has 2 heterocycles. The number of amides is 3. The van der Waals surface area contributed by atoms with Gasteiger partial charge in [-0.15, -0.1) is 0 Å². The molecule has 162 valence electrons.